The number of aromatic nitrogens is 4. The lowest BCUT2D eigenvalue weighted by molar-refractivity contribution is -0.137. The Morgan fingerprint density at radius 1 is 1.21 bits per heavy atom. The van der Waals surface area contributed by atoms with E-state index in [1.807, 2.05) is 0 Å². The molecule has 148 valence electrons. The second-order valence-corrected chi connectivity index (χ2v) is 7.17. The number of carboxylic acids is 1. The first-order chi connectivity index (χ1) is 13.1. The summed E-state index contributed by atoms with van der Waals surface area (Å²) in [6.07, 6.45) is 0. The highest BCUT2D eigenvalue weighted by atomic mass is 35.5. The van der Waals surface area contributed by atoms with E-state index in [9.17, 15) is 14.4 Å². The molecule has 0 bridgehead atoms. The van der Waals surface area contributed by atoms with Crippen molar-refractivity contribution in [3.05, 3.63) is 54.6 Å². The van der Waals surface area contributed by atoms with E-state index in [0.717, 1.165) is 4.57 Å². The highest BCUT2D eigenvalue weighted by Crippen LogP contribution is 2.23. The van der Waals surface area contributed by atoms with Crippen LogP contribution in [-0.2, 0) is 25.4 Å². The summed E-state index contributed by atoms with van der Waals surface area (Å²) in [7, 11) is 3.06. The van der Waals surface area contributed by atoms with E-state index < -0.39 is 23.3 Å². The molecular weight excluding hydrogens is 409 g/mol. The van der Waals surface area contributed by atoms with Crippen LogP contribution >= 0.6 is 23.2 Å². The van der Waals surface area contributed by atoms with Crippen molar-refractivity contribution >= 4 is 46.3 Å². The highest BCUT2D eigenvalue weighted by molar-refractivity contribution is 6.42. The fraction of sp³-hybridized carbons (Fsp3) is 0.294. The van der Waals surface area contributed by atoms with E-state index in [2.05, 4.69) is 10.3 Å². The highest BCUT2D eigenvalue weighted by Gasteiger charge is 2.21. The van der Waals surface area contributed by atoms with Crippen molar-refractivity contribution in [2.45, 2.75) is 19.5 Å². The third-order valence-electron chi connectivity index (χ3n) is 4.40. The summed E-state index contributed by atoms with van der Waals surface area (Å²) in [4.78, 5) is 41.0. The summed E-state index contributed by atoms with van der Waals surface area (Å²) in [6, 6.07) is 3.93. The van der Waals surface area contributed by atoms with Gasteiger partial charge in [-0.15, -0.1) is 0 Å². The minimum Gasteiger partial charge on any atom is -0.480 e. The predicted octanol–water partition coefficient (Wildman–Crippen LogP) is 1.67. The molecule has 1 unspecified atom stereocenters. The third-order valence-corrected chi connectivity index (χ3v) is 5.14. The summed E-state index contributed by atoms with van der Waals surface area (Å²) in [5.74, 6) is -0.901. The summed E-state index contributed by atoms with van der Waals surface area (Å²) in [5.41, 5.74) is -0.145. The van der Waals surface area contributed by atoms with Crippen LogP contribution in [0.5, 0.6) is 0 Å². The van der Waals surface area contributed by atoms with Crippen molar-refractivity contribution in [3.63, 3.8) is 0 Å². The van der Waals surface area contributed by atoms with Crippen molar-refractivity contribution in [2.75, 3.05) is 5.32 Å². The number of rotatable bonds is 5. The van der Waals surface area contributed by atoms with E-state index in [0.29, 0.717) is 15.6 Å². The molecule has 11 heteroatoms. The van der Waals surface area contributed by atoms with Gasteiger partial charge in [0.15, 0.2) is 11.2 Å². The maximum atomic E-state index is 13.0. The van der Waals surface area contributed by atoms with Crippen LogP contribution < -0.4 is 16.6 Å². The van der Waals surface area contributed by atoms with Gasteiger partial charge in [0.2, 0.25) is 5.95 Å². The van der Waals surface area contributed by atoms with Crippen molar-refractivity contribution in [3.8, 4) is 0 Å². The van der Waals surface area contributed by atoms with Crippen molar-refractivity contribution in [1.82, 2.24) is 18.7 Å². The minimum atomic E-state index is -1.07. The number of halogens is 2. The zero-order valence-electron chi connectivity index (χ0n) is 15.2. The van der Waals surface area contributed by atoms with Gasteiger partial charge in [0, 0.05) is 14.1 Å². The monoisotopic (exact) mass is 425 g/mol. The fourth-order valence-corrected chi connectivity index (χ4v) is 3.11. The van der Waals surface area contributed by atoms with Gasteiger partial charge >= 0.3 is 11.7 Å². The van der Waals surface area contributed by atoms with E-state index in [4.69, 9.17) is 28.3 Å². The van der Waals surface area contributed by atoms with Gasteiger partial charge in [-0.3, -0.25) is 18.7 Å². The van der Waals surface area contributed by atoms with Crippen molar-refractivity contribution in [1.29, 1.82) is 0 Å². The van der Waals surface area contributed by atoms with Gasteiger partial charge in [-0.05, 0) is 24.6 Å². The van der Waals surface area contributed by atoms with Gasteiger partial charge in [-0.2, -0.15) is 4.98 Å². The van der Waals surface area contributed by atoms with Gasteiger partial charge in [0.25, 0.3) is 5.56 Å². The Morgan fingerprint density at radius 3 is 2.50 bits per heavy atom. The van der Waals surface area contributed by atoms with Gasteiger partial charge in [-0.1, -0.05) is 29.3 Å². The molecule has 3 aromatic rings. The predicted molar refractivity (Wildman–Crippen MR) is 106 cm³/mol. The van der Waals surface area contributed by atoms with Gasteiger partial charge in [0.1, 0.15) is 6.04 Å². The molecule has 2 N–H and O–H groups in total. The maximum absolute atomic E-state index is 13.0. The SMILES string of the molecule is CC(Nc1nc2c(c(=O)n(Cc3ccc(Cl)c(Cl)c3)c(=O)n2C)n1C)C(=O)O. The Hall–Kier alpha value is -2.78. The van der Waals surface area contributed by atoms with Crippen LogP contribution in [0.3, 0.4) is 0 Å². The number of imidazole rings is 1. The molecule has 1 aromatic carbocycles. The molecule has 0 aliphatic heterocycles. The number of hydrogen-bond acceptors (Lipinski definition) is 5. The molecule has 0 aliphatic rings. The topological polar surface area (TPSA) is 111 Å². The van der Waals surface area contributed by atoms with Crippen molar-refractivity contribution < 1.29 is 9.90 Å². The van der Waals surface area contributed by atoms with Crippen LogP contribution in [0.1, 0.15) is 12.5 Å². The van der Waals surface area contributed by atoms with Crippen LogP contribution in [0.2, 0.25) is 10.0 Å². The van der Waals surface area contributed by atoms with E-state index in [1.54, 1.807) is 25.2 Å². The molecule has 0 fully saturated rings. The summed E-state index contributed by atoms with van der Waals surface area (Å²) in [6.45, 7) is 1.45. The van der Waals surface area contributed by atoms with Crippen LogP contribution in [0, 0.1) is 0 Å². The largest absolute Gasteiger partial charge is 0.480 e. The lowest BCUT2D eigenvalue weighted by atomic mass is 10.2. The minimum absolute atomic E-state index is 0.00218. The molecule has 2 heterocycles. The number of nitrogens with one attached hydrogen (secondary N) is 1. The molecule has 28 heavy (non-hydrogen) atoms. The first-order valence-electron chi connectivity index (χ1n) is 8.21. The number of benzene rings is 1. The number of aryl methyl sites for hydroxylation is 2. The van der Waals surface area contributed by atoms with Crippen LogP contribution in [0.15, 0.2) is 27.8 Å². The lowest BCUT2D eigenvalue weighted by Crippen LogP contribution is -2.39. The maximum Gasteiger partial charge on any atom is 0.332 e. The van der Waals surface area contributed by atoms with Crippen LogP contribution in [0.25, 0.3) is 11.2 Å². The number of nitrogens with zero attached hydrogens (tertiary/aromatic N) is 4. The molecule has 0 aliphatic carbocycles. The Bertz CT molecular complexity index is 1210. The molecule has 1 atom stereocenters. The molecule has 0 amide bonds. The van der Waals surface area contributed by atoms with E-state index >= 15 is 0 Å². The fourth-order valence-electron chi connectivity index (χ4n) is 2.79. The zero-order valence-corrected chi connectivity index (χ0v) is 16.7. The average Bonchev–Trinajstić information content (AvgIpc) is 2.96. The Kier molecular flexibility index (Phi) is 5.22. The quantitative estimate of drug-likeness (QED) is 0.642. The molecular formula is C17H17Cl2N5O4. The second-order valence-electron chi connectivity index (χ2n) is 6.35. The molecule has 0 radical (unpaired) electrons. The molecule has 0 saturated carbocycles. The lowest BCUT2D eigenvalue weighted by Gasteiger charge is -2.10. The van der Waals surface area contributed by atoms with E-state index in [1.165, 1.54) is 23.1 Å². The number of carboxylic acid groups (broad SMARTS) is 1. The van der Waals surface area contributed by atoms with Crippen LogP contribution in [-0.4, -0.2) is 35.8 Å². The first kappa shape index (κ1) is 20.0. The Balaban J connectivity index is 2.16. The summed E-state index contributed by atoms with van der Waals surface area (Å²) < 4.78 is 3.74. The van der Waals surface area contributed by atoms with Crippen LogP contribution in [0.4, 0.5) is 5.95 Å². The normalized spacial score (nSPS) is 12.3. The molecule has 0 saturated heterocycles. The smallest absolute Gasteiger partial charge is 0.332 e. The first-order valence-corrected chi connectivity index (χ1v) is 8.97. The molecule has 0 spiro atoms. The number of hydrogen-bond donors (Lipinski definition) is 2. The summed E-state index contributed by atoms with van der Waals surface area (Å²) in [5, 5.41) is 12.5. The number of fused-ring (bicyclic) bond motifs is 1. The summed E-state index contributed by atoms with van der Waals surface area (Å²) >= 11 is 11.9. The number of aliphatic carboxylic acids is 1. The Morgan fingerprint density at radius 2 is 1.89 bits per heavy atom. The van der Waals surface area contributed by atoms with Gasteiger partial charge < -0.3 is 15.0 Å². The molecule has 9 nitrogen and oxygen atoms in total. The Labute approximate surface area is 168 Å². The third kappa shape index (κ3) is 3.38. The van der Waals surface area contributed by atoms with Gasteiger partial charge in [-0.25, -0.2) is 4.79 Å². The molecule has 2 aromatic heterocycles. The average molecular weight is 426 g/mol. The second kappa shape index (κ2) is 7.33. The number of anilines is 1. The number of carbonyl (C=O) groups is 1. The zero-order chi connectivity index (χ0) is 20.7. The van der Waals surface area contributed by atoms with E-state index in [-0.39, 0.29) is 23.7 Å². The molecule has 3 rings (SSSR count). The standard InChI is InChI=1S/C17H17Cl2N5O4/c1-8(15(26)27)20-16-21-13-12(22(16)2)14(25)24(17(28)23(13)3)7-9-4-5-10(18)11(19)6-9/h4-6,8H,7H2,1-3H3,(H,20,21)(H,26,27). The van der Waals surface area contributed by atoms with Gasteiger partial charge in [0.05, 0.1) is 16.6 Å². The van der Waals surface area contributed by atoms with Crippen molar-refractivity contribution in [2.24, 2.45) is 14.1 Å².